The normalized spacial score (nSPS) is 20.1. The van der Waals surface area contributed by atoms with Gasteiger partial charge in [0.05, 0.1) is 0 Å². The summed E-state index contributed by atoms with van der Waals surface area (Å²) in [5.74, 6) is 0. The first kappa shape index (κ1) is 12.9. The summed E-state index contributed by atoms with van der Waals surface area (Å²) in [6, 6.07) is 6.89. The zero-order chi connectivity index (χ0) is 12.3. The molecule has 1 aliphatic heterocycles. The Morgan fingerprint density at radius 1 is 1.47 bits per heavy atom. The number of rotatable bonds is 4. The maximum atomic E-state index is 5.99. The Morgan fingerprint density at radius 2 is 2.29 bits per heavy atom. The molecular formula is C14H21ClN2. The van der Waals surface area contributed by atoms with Crippen LogP contribution in [0.4, 0.5) is 0 Å². The van der Waals surface area contributed by atoms with Gasteiger partial charge >= 0.3 is 0 Å². The van der Waals surface area contributed by atoms with Crippen LogP contribution in [0.5, 0.6) is 0 Å². The average molecular weight is 253 g/mol. The third-order valence-electron chi connectivity index (χ3n) is 3.63. The molecule has 94 valence electrons. The van der Waals surface area contributed by atoms with Crippen molar-refractivity contribution in [2.24, 2.45) is 0 Å². The maximum Gasteiger partial charge on any atom is 0.0408 e. The van der Waals surface area contributed by atoms with Gasteiger partial charge in [-0.3, -0.25) is 4.90 Å². The quantitative estimate of drug-likeness (QED) is 0.887. The van der Waals surface area contributed by atoms with Crippen molar-refractivity contribution in [3.63, 3.8) is 0 Å². The summed E-state index contributed by atoms with van der Waals surface area (Å²) in [6.07, 6.45) is 1.26. The third-order valence-corrected chi connectivity index (χ3v) is 3.87. The smallest absolute Gasteiger partial charge is 0.0408 e. The Bertz CT molecular complexity index is 372. The molecule has 1 heterocycles. The molecule has 0 bridgehead atoms. The number of hydrogen-bond acceptors (Lipinski definition) is 2. The minimum Gasteiger partial charge on any atom is -0.315 e. The van der Waals surface area contributed by atoms with Crippen molar-refractivity contribution in [3.8, 4) is 0 Å². The fraction of sp³-hybridized carbons (Fsp3) is 0.571. The van der Waals surface area contributed by atoms with E-state index < -0.39 is 0 Å². The highest BCUT2D eigenvalue weighted by atomic mass is 35.5. The number of aryl methyl sites for hydroxylation is 1. The fourth-order valence-corrected chi connectivity index (χ4v) is 2.73. The number of nitrogens with one attached hydrogen (secondary N) is 1. The lowest BCUT2D eigenvalue weighted by atomic mass is 10.1. The molecule has 3 heteroatoms. The summed E-state index contributed by atoms with van der Waals surface area (Å²) in [5.41, 5.74) is 2.69. The Labute approximate surface area is 109 Å². The van der Waals surface area contributed by atoms with Crippen LogP contribution in [0.2, 0.25) is 5.02 Å². The molecule has 0 saturated carbocycles. The van der Waals surface area contributed by atoms with Crippen molar-refractivity contribution in [3.05, 3.63) is 34.3 Å². The summed E-state index contributed by atoms with van der Waals surface area (Å²) < 4.78 is 0. The lowest BCUT2D eigenvalue weighted by Crippen LogP contribution is -2.36. The summed E-state index contributed by atoms with van der Waals surface area (Å²) in [5, 5.41) is 4.26. The van der Waals surface area contributed by atoms with E-state index in [-0.39, 0.29) is 0 Å². The third kappa shape index (κ3) is 3.21. The minimum atomic E-state index is 0.690. The number of halogens is 1. The molecule has 0 radical (unpaired) electrons. The van der Waals surface area contributed by atoms with Crippen LogP contribution in [0.3, 0.4) is 0 Å². The molecule has 0 amide bonds. The van der Waals surface area contributed by atoms with Crippen molar-refractivity contribution in [2.75, 3.05) is 19.6 Å². The van der Waals surface area contributed by atoms with Crippen molar-refractivity contribution in [1.82, 2.24) is 10.2 Å². The molecule has 1 N–H and O–H groups in total. The van der Waals surface area contributed by atoms with E-state index in [0.29, 0.717) is 6.04 Å². The number of likely N-dealkylation sites (N-methyl/N-ethyl adjacent to an activating group) is 1. The van der Waals surface area contributed by atoms with Crippen molar-refractivity contribution < 1.29 is 0 Å². The van der Waals surface area contributed by atoms with Gasteiger partial charge < -0.3 is 5.32 Å². The topological polar surface area (TPSA) is 15.3 Å². The Balaban J connectivity index is 2.06. The van der Waals surface area contributed by atoms with Gasteiger partial charge in [0.25, 0.3) is 0 Å². The Morgan fingerprint density at radius 3 is 2.88 bits per heavy atom. The van der Waals surface area contributed by atoms with E-state index in [2.05, 4.69) is 36.2 Å². The van der Waals surface area contributed by atoms with Gasteiger partial charge in [0.15, 0.2) is 0 Å². The standard InChI is InChI=1S/C14H21ClN2/c1-3-17(14-6-7-16-9-14)10-12-4-5-13(15)8-11(12)2/h4-5,8,14,16H,3,6-7,9-10H2,1-2H3. The predicted octanol–water partition coefficient (Wildman–Crippen LogP) is 2.83. The lowest BCUT2D eigenvalue weighted by molar-refractivity contribution is 0.210. The van der Waals surface area contributed by atoms with Gasteiger partial charge in [-0.05, 0) is 49.7 Å². The fourth-order valence-electron chi connectivity index (χ4n) is 2.51. The van der Waals surface area contributed by atoms with Crippen LogP contribution in [-0.4, -0.2) is 30.6 Å². The van der Waals surface area contributed by atoms with E-state index in [1.54, 1.807) is 0 Å². The molecule has 2 nitrogen and oxygen atoms in total. The van der Waals surface area contributed by atoms with Gasteiger partial charge in [0.2, 0.25) is 0 Å². The molecule has 17 heavy (non-hydrogen) atoms. The molecule has 1 unspecified atom stereocenters. The van der Waals surface area contributed by atoms with Gasteiger partial charge in [0, 0.05) is 24.2 Å². The molecule has 0 aliphatic carbocycles. The van der Waals surface area contributed by atoms with E-state index in [9.17, 15) is 0 Å². The highest BCUT2D eigenvalue weighted by Crippen LogP contribution is 2.19. The summed E-state index contributed by atoms with van der Waals surface area (Å²) in [4.78, 5) is 2.55. The van der Waals surface area contributed by atoms with Crippen molar-refractivity contribution in [2.45, 2.75) is 32.9 Å². The number of benzene rings is 1. The Kier molecular flexibility index (Phi) is 4.43. The van der Waals surface area contributed by atoms with Gasteiger partial charge in [-0.15, -0.1) is 0 Å². The van der Waals surface area contributed by atoms with Crippen LogP contribution in [0, 0.1) is 6.92 Å². The summed E-state index contributed by atoms with van der Waals surface area (Å²) in [7, 11) is 0. The lowest BCUT2D eigenvalue weighted by Gasteiger charge is -2.27. The summed E-state index contributed by atoms with van der Waals surface area (Å²) >= 11 is 5.99. The molecule has 1 atom stereocenters. The van der Waals surface area contributed by atoms with Gasteiger partial charge in [-0.25, -0.2) is 0 Å². The van der Waals surface area contributed by atoms with E-state index in [1.807, 2.05) is 6.07 Å². The van der Waals surface area contributed by atoms with E-state index in [1.165, 1.54) is 17.5 Å². The van der Waals surface area contributed by atoms with Crippen LogP contribution < -0.4 is 5.32 Å². The van der Waals surface area contributed by atoms with Crippen molar-refractivity contribution in [1.29, 1.82) is 0 Å². The van der Waals surface area contributed by atoms with E-state index in [0.717, 1.165) is 31.2 Å². The highest BCUT2D eigenvalue weighted by Gasteiger charge is 2.21. The Hall–Kier alpha value is -0.570. The van der Waals surface area contributed by atoms with Gasteiger partial charge in [-0.2, -0.15) is 0 Å². The molecule has 1 fully saturated rings. The molecule has 1 aromatic carbocycles. The highest BCUT2D eigenvalue weighted by molar-refractivity contribution is 6.30. The first-order valence-corrected chi connectivity index (χ1v) is 6.78. The summed E-state index contributed by atoms with van der Waals surface area (Å²) in [6.45, 7) is 8.80. The van der Waals surface area contributed by atoms with Crippen molar-refractivity contribution >= 4 is 11.6 Å². The van der Waals surface area contributed by atoms with Gasteiger partial charge in [-0.1, -0.05) is 24.6 Å². The minimum absolute atomic E-state index is 0.690. The van der Waals surface area contributed by atoms with E-state index >= 15 is 0 Å². The van der Waals surface area contributed by atoms with Crippen LogP contribution in [-0.2, 0) is 6.54 Å². The van der Waals surface area contributed by atoms with Crippen LogP contribution in [0.15, 0.2) is 18.2 Å². The molecule has 2 rings (SSSR count). The molecule has 0 spiro atoms. The van der Waals surface area contributed by atoms with Gasteiger partial charge in [0.1, 0.15) is 0 Å². The second-order valence-corrected chi connectivity index (χ2v) is 5.22. The second kappa shape index (κ2) is 5.85. The first-order chi connectivity index (χ1) is 8.20. The SMILES string of the molecule is CCN(Cc1ccc(Cl)cc1C)C1CCNC1. The predicted molar refractivity (Wildman–Crippen MR) is 73.5 cm³/mol. The zero-order valence-electron chi connectivity index (χ0n) is 10.7. The second-order valence-electron chi connectivity index (χ2n) is 4.78. The molecule has 1 saturated heterocycles. The van der Waals surface area contributed by atoms with Crippen LogP contribution in [0.1, 0.15) is 24.5 Å². The monoisotopic (exact) mass is 252 g/mol. The molecular weight excluding hydrogens is 232 g/mol. The molecule has 1 aliphatic rings. The number of hydrogen-bond donors (Lipinski definition) is 1. The zero-order valence-corrected chi connectivity index (χ0v) is 11.4. The average Bonchev–Trinajstić information content (AvgIpc) is 2.81. The molecule has 1 aromatic rings. The maximum absolute atomic E-state index is 5.99. The van der Waals surface area contributed by atoms with Crippen LogP contribution in [0.25, 0.3) is 0 Å². The molecule has 0 aromatic heterocycles. The van der Waals surface area contributed by atoms with Crippen LogP contribution >= 0.6 is 11.6 Å². The largest absolute Gasteiger partial charge is 0.315 e. The van der Waals surface area contributed by atoms with E-state index in [4.69, 9.17) is 11.6 Å². The first-order valence-electron chi connectivity index (χ1n) is 6.40. The number of nitrogens with zero attached hydrogens (tertiary/aromatic N) is 1.